The average molecular weight is 399 g/mol. The van der Waals surface area contributed by atoms with Gasteiger partial charge in [0.05, 0.1) is 13.0 Å². The first kappa shape index (κ1) is 19.9. The number of anilines is 1. The first-order valence-corrected chi connectivity index (χ1v) is 9.45. The lowest BCUT2D eigenvalue weighted by molar-refractivity contribution is 0.221. The lowest BCUT2D eigenvalue weighted by Gasteiger charge is -2.21. The Balaban J connectivity index is 1.73. The van der Waals surface area contributed by atoms with E-state index in [2.05, 4.69) is 0 Å². The lowest BCUT2D eigenvalue weighted by atomic mass is 10.00. The van der Waals surface area contributed by atoms with Crippen LogP contribution in [0, 0.1) is 10.8 Å². The van der Waals surface area contributed by atoms with Gasteiger partial charge in [-0.3, -0.25) is 4.90 Å². The fourth-order valence-corrected chi connectivity index (χ4v) is 3.59. The molecule has 2 amide bonds. The van der Waals surface area contributed by atoms with Gasteiger partial charge in [0, 0.05) is 54.4 Å². The third-order valence-corrected chi connectivity index (χ3v) is 5.32. The first-order valence-electron chi connectivity index (χ1n) is 9.08. The normalized spacial score (nSPS) is 14.9. The molecule has 28 heavy (non-hydrogen) atoms. The van der Waals surface area contributed by atoms with Crippen molar-refractivity contribution in [1.82, 2.24) is 4.90 Å². The van der Waals surface area contributed by atoms with E-state index in [1.165, 1.54) is 12.4 Å². The SMILES string of the molecule is COc1cc(N2CCN(CCc3ccccc3Cl)C2=O)ccc1C(C=N)C=N. The standard InChI is InChI=1S/C21H23ClN4O2/c1-28-20-12-17(6-7-18(20)16(13-23)14-24)26-11-10-25(21(26)27)9-8-15-4-2-3-5-19(15)22/h2-7,12-14,16,23-24H,8-11H2,1H3. The van der Waals surface area contributed by atoms with Crippen molar-refractivity contribution in [3.8, 4) is 5.75 Å². The number of amides is 2. The number of carbonyl (C=O) groups excluding carboxylic acids is 1. The Morgan fingerprint density at radius 2 is 1.93 bits per heavy atom. The highest BCUT2D eigenvalue weighted by molar-refractivity contribution is 6.31. The minimum absolute atomic E-state index is 0.0440. The predicted octanol–water partition coefficient (Wildman–Crippen LogP) is 4.22. The summed E-state index contributed by atoms with van der Waals surface area (Å²) < 4.78 is 5.44. The number of ether oxygens (including phenoxy) is 1. The Labute approximate surface area is 169 Å². The van der Waals surface area contributed by atoms with Crippen molar-refractivity contribution in [1.29, 1.82) is 10.8 Å². The van der Waals surface area contributed by atoms with Crippen LogP contribution in [-0.4, -0.2) is 50.1 Å². The molecule has 2 aromatic rings. The molecule has 0 spiro atoms. The largest absolute Gasteiger partial charge is 0.496 e. The van der Waals surface area contributed by atoms with E-state index in [4.69, 9.17) is 27.2 Å². The number of carbonyl (C=O) groups is 1. The van der Waals surface area contributed by atoms with Crippen LogP contribution in [-0.2, 0) is 6.42 Å². The topological polar surface area (TPSA) is 80.5 Å². The van der Waals surface area contributed by atoms with E-state index in [9.17, 15) is 4.79 Å². The second-order valence-corrected chi connectivity index (χ2v) is 6.96. The maximum Gasteiger partial charge on any atom is 0.324 e. The smallest absolute Gasteiger partial charge is 0.324 e. The molecule has 7 heteroatoms. The van der Waals surface area contributed by atoms with Gasteiger partial charge in [-0.1, -0.05) is 35.9 Å². The van der Waals surface area contributed by atoms with E-state index in [1.807, 2.05) is 41.3 Å². The summed E-state index contributed by atoms with van der Waals surface area (Å²) in [4.78, 5) is 16.4. The minimum Gasteiger partial charge on any atom is -0.496 e. The number of benzene rings is 2. The van der Waals surface area contributed by atoms with Crippen molar-refractivity contribution in [2.75, 3.05) is 31.6 Å². The highest BCUT2D eigenvalue weighted by atomic mass is 35.5. The molecule has 1 saturated heterocycles. The molecule has 3 rings (SSSR count). The zero-order valence-electron chi connectivity index (χ0n) is 15.7. The van der Waals surface area contributed by atoms with Gasteiger partial charge in [-0.25, -0.2) is 4.79 Å². The summed E-state index contributed by atoms with van der Waals surface area (Å²) in [5.41, 5.74) is 2.52. The molecule has 146 valence electrons. The monoisotopic (exact) mass is 398 g/mol. The molecule has 0 radical (unpaired) electrons. The molecule has 2 aromatic carbocycles. The summed E-state index contributed by atoms with van der Waals surface area (Å²) in [6, 6.07) is 13.1. The second-order valence-electron chi connectivity index (χ2n) is 6.55. The van der Waals surface area contributed by atoms with Crippen molar-refractivity contribution in [3.05, 3.63) is 58.6 Å². The highest BCUT2D eigenvalue weighted by Gasteiger charge is 2.30. The lowest BCUT2D eigenvalue weighted by Crippen LogP contribution is -2.33. The van der Waals surface area contributed by atoms with Gasteiger partial charge in [0.15, 0.2) is 0 Å². The van der Waals surface area contributed by atoms with E-state index in [0.29, 0.717) is 31.8 Å². The molecular weight excluding hydrogens is 376 g/mol. The quantitative estimate of drug-likeness (QED) is 0.653. The Hall–Kier alpha value is -2.86. The van der Waals surface area contributed by atoms with Crippen LogP contribution < -0.4 is 9.64 Å². The van der Waals surface area contributed by atoms with Crippen molar-refractivity contribution in [3.63, 3.8) is 0 Å². The average Bonchev–Trinajstić information content (AvgIpc) is 3.09. The van der Waals surface area contributed by atoms with Gasteiger partial charge in [0.1, 0.15) is 5.75 Å². The Morgan fingerprint density at radius 3 is 2.61 bits per heavy atom. The van der Waals surface area contributed by atoms with Crippen molar-refractivity contribution < 1.29 is 9.53 Å². The summed E-state index contributed by atoms with van der Waals surface area (Å²) in [6.45, 7) is 1.86. The maximum atomic E-state index is 12.8. The summed E-state index contributed by atoms with van der Waals surface area (Å²) in [6.07, 6.45) is 3.10. The van der Waals surface area contributed by atoms with Gasteiger partial charge in [0.25, 0.3) is 0 Å². The number of halogens is 1. The van der Waals surface area contributed by atoms with Gasteiger partial charge in [-0.2, -0.15) is 0 Å². The number of urea groups is 1. The number of nitrogens with one attached hydrogen (secondary N) is 2. The van der Waals surface area contributed by atoms with Gasteiger partial charge in [-0.15, -0.1) is 0 Å². The molecule has 0 aliphatic carbocycles. The first-order chi connectivity index (χ1) is 13.6. The van der Waals surface area contributed by atoms with Gasteiger partial charge >= 0.3 is 6.03 Å². The van der Waals surface area contributed by atoms with Gasteiger partial charge < -0.3 is 20.5 Å². The Kier molecular flexibility index (Phi) is 6.31. The number of methoxy groups -OCH3 is 1. The molecule has 1 aliphatic heterocycles. The van der Waals surface area contributed by atoms with Crippen LogP contribution in [0.25, 0.3) is 0 Å². The molecule has 0 bridgehead atoms. The molecule has 2 N–H and O–H groups in total. The van der Waals surface area contributed by atoms with Crippen molar-refractivity contribution in [2.24, 2.45) is 0 Å². The third-order valence-electron chi connectivity index (χ3n) is 4.95. The van der Waals surface area contributed by atoms with Crippen LogP contribution in [0.2, 0.25) is 5.02 Å². The molecule has 0 atom stereocenters. The zero-order valence-corrected chi connectivity index (χ0v) is 16.4. The second kappa shape index (κ2) is 8.89. The third kappa shape index (κ3) is 4.02. The van der Waals surface area contributed by atoms with Crippen LogP contribution in [0.4, 0.5) is 10.5 Å². The molecule has 6 nitrogen and oxygen atoms in total. The van der Waals surface area contributed by atoms with Gasteiger partial charge in [0.2, 0.25) is 0 Å². The van der Waals surface area contributed by atoms with Crippen LogP contribution in [0.5, 0.6) is 5.75 Å². The molecule has 0 aromatic heterocycles. The van der Waals surface area contributed by atoms with E-state index in [1.54, 1.807) is 18.1 Å². The fourth-order valence-electron chi connectivity index (χ4n) is 3.36. The van der Waals surface area contributed by atoms with Gasteiger partial charge in [-0.05, 0) is 24.1 Å². The summed E-state index contributed by atoms with van der Waals surface area (Å²) >= 11 is 6.21. The van der Waals surface area contributed by atoms with E-state index in [-0.39, 0.29) is 6.03 Å². The summed E-state index contributed by atoms with van der Waals surface area (Å²) in [5.74, 6) is 0.127. The number of hydrogen-bond donors (Lipinski definition) is 2. The number of hydrogen-bond acceptors (Lipinski definition) is 4. The number of rotatable bonds is 8. The summed E-state index contributed by atoms with van der Waals surface area (Å²) in [5, 5.41) is 15.7. The van der Waals surface area contributed by atoms with Crippen LogP contribution in [0.3, 0.4) is 0 Å². The van der Waals surface area contributed by atoms with Crippen LogP contribution in [0.1, 0.15) is 17.0 Å². The molecule has 1 fully saturated rings. The number of nitrogens with zero attached hydrogens (tertiary/aromatic N) is 2. The maximum absolute atomic E-state index is 12.8. The Morgan fingerprint density at radius 1 is 1.18 bits per heavy atom. The van der Waals surface area contributed by atoms with E-state index < -0.39 is 5.92 Å². The fraction of sp³-hybridized carbons (Fsp3) is 0.286. The van der Waals surface area contributed by atoms with Crippen molar-refractivity contribution in [2.45, 2.75) is 12.3 Å². The van der Waals surface area contributed by atoms with E-state index >= 15 is 0 Å². The predicted molar refractivity (Wildman–Crippen MR) is 113 cm³/mol. The molecule has 1 aliphatic rings. The molecule has 0 saturated carbocycles. The van der Waals surface area contributed by atoms with E-state index in [0.717, 1.165) is 21.8 Å². The molecule has 1 heterocycles. The minimum atomic E-state index is -0.439. The zero-order chi connectivity index (χ0) is 20.1. The Bertz CT molecular complexity index is 878. The van der Waals surface area contributed by atoms with Crippen molar-refractivity contribution >= 4 is 35.7 Å². The van der Waals surface area contributed by atoms with Crippen LogP contribution >= 0.6 is 11.6 Å². The highest BCUT2D eigenvalue weighted by Crippen LogP contribution is 2.31. The summed E-state index contributed by atoms with van der Waals surface area (Å²) in [7, 11) is 1.55. The molecular formula is C21H23ClN4O2. The molecule has 0 unspecified atom stereocenters. The van der Waals surface area contributed by atoms with Crippen LogP contribution in [0.15, 0.2) is 42.5 Å².